The third-order valence-electron chi connectivity index (χ3n) is 4.69. The van der Waals surface area contributed by atoms with Crippen molar-refractivity contribution < 1.29 is 24.2 Å². The maximum Gasteiger partial charge on any atom is 0.317 e. The minimum atomic E-state index is -0.845. The summed E-state index contributed by atoms with van der Waals surface area (Å²) in [5, 5.41) is 11.9. The Labute approximate surface area is 159 Å². The first-order valence-corrected chi connectivity index (χ1v) is 9.00. The molecule has 8 heteroatoms. The standard InChI is InChI=1S/C19H27N3O5/c1-4-22(11-18(24)25)14-9-13(10-14)20-19(26)15-7-5-6-8-16(15)27-12-17(23)21(2)3/h5-8,13-14H,4,9-12H2,1-3H3,(H,20,26)(H,24,25). The molecule has 0 atom stereocenters. The molecular weight excluding hydrogens is 350 g/mol. The number of likely N-dealkylation sites (N-methyl/N-ethyl adjacent to an activating group) is 2. The van der Waals surface area contributed by atoms with Crippen LogP contribution >= 0.6 is 0 Å². The predicted octanol–water partition coefficient (Wildman–Crippen LogP) is 0.821. The Morgan fingerprint density at radius 2 is 1.89 bits per heavy atom. The van der Waals surface area contributed by atoms with E-state index in [1.165, 1.54) is 4.90 Å². The fourth-order valence-electron chi connectivity index (χ4n) is 2.99. The van der Waals surface area contributed by atoms with Gasteiger partial charge >= 0.3 is 5.97 Å². The molecule has 0 radical (unpaired) electrons. The van der Waals surface area contributed by atoms with Crippen LogP contribution in [-0.2, 0) is 9.59 Å². The molecule has 1 fully saturated rings. The lowest BCUT2D eigenvalue weighted by atomic mass is 9.85. The van der Waals surface area contributed by atoms with Crippen molar-refractivity contribution in [1.82, 2.24) is 15.1 Å². The number of carbonyl (C=O) groups excluding carboxylic acids is 2. The number of carbonyl (C=O) groups is 3. The Balaban J connectivity index is 1.90. The van der Waals surface area contributed by atoms with Crippen molar-refractivity contribution in [1.29, 1.82) is 0 Å². The highest BCUT2D eigenvalue weighted by molar-refractivity contribution is 5.97. The number of benzene rings is 1. The summed E-state index contributed by atoms with van der Waals surface area (Å²) in [6, 6.07) is 6.97. The van der Waals surface area contributed by atoms with Crippen LogP contribution in [0.25, 0.3) is 0 Å². The van der Waals surface area contributed by atoms with Crippen LogP contribution in [0.1, 0.15) is 30.1 Å². The average molecular weight is 377 g/mol. The summed E-state index contributed by atoms with van der Waals surface area (Å²) in [5.74, 6) is -0.928. The first kappa shape index (κ1) is 20.7. The molecule has 148 valence electrons. The second kappa shape index (κ2) is 9.36. The summed E-state index contributed by atoms with van der Waals surface area (Å²) in [6.45, 7) is 2.47. The lowest BCUT2D eigenvalue weighted by Gasteiger charge is -2.42. The van der Waals surface area contributed by atoms with Gasteiger partial charge in [0, 0.05) is 26.2 Å². The van der Waals surface area contributed by atoms with Crippen LogP contribution in [0.4, 0.5) is 0 Å². The summed E-state index contributed by atoms with van der Waals surface area (Å²) >= 11 is 0. The number of rotatable bonds is 9. The highest BCUT2D eigenvalue weighted by Gasteiger charge is 2.35. The lowest BCUT2D eigenvalue weighted by Crippen LogP contribution is -2.54. The van der Waals surface area contributed by atoms with E-state index in [0.717, 1.165) is 12.8 Å². The molecule has 0 unspecified atom stereocenters. The monoisotopic (exact) mass is 377 g/mol. The number of ether oxygens (including phenoxy) is 1. The van der Waals surface area contributed by atoms with E-state index in [-0.39, 0.29) is 37.0 Å². The van der Waals surface area contributed by atoms with Crippen molar-refractivity contribution in [3.63, 3.8) is 0 Å². The Hall–Kier alpha value is -2.61. The minimum absolute atomic E-state index is 0.00167. The Bertz CT molecular complexity index is 686. The second-order valence-electron chi connectivity index (χ2n) is 6.83. The second-order valence-corrected chi connectivity index (χ2v) is 6.83. The third kappa shape index (κ3) is 5.68. The summed E-state index contributed by atoms with van der Waals surface area (Å²) < 4.78 is 5.51. The zero-order valence-corrected chi connectivity index (χ0v) is 16.0. The maximum absolute atomic E-state index is 12.6. The SMILES string of the molecule is CCN(CC(=O)O)C1CC(NC(=O)c2ccccc2OCC(=O)N(C)C)C1. The molecule has 0 bridgehead atoms. The van der Waals surface area contributed by atoms with E-state index in [9.17, 15) is 14.4 Å². The molecule has 1 aliphatic carbocycles. The normalized spacial score (nSPS) is 18.5. The topological polar surface area (TPSA) is 99.2 Å². The predicted molar refractivity (Wildman–Crippen MR) is 99.8 cm³/mol. The van der Waals surface area contributed by atoms with Crippen LogP contribution in [0.5, 0.6) is 5.75 Å². The van der Waals surface area contributed by atoms with Gasteiger partial charge in [-0.3, -0.25) is 19.3 Å². The summed E-state index contributed by atoms with van der Waals surface area (Å²) in [6.07, 6.45) is 1.43. The van der Waals surface area contributed by atoms with Crippen LogP contribution in [0, 0.1) is 0 Å². The molecule has 1 aliphatic rings. The number of para-hydroxylation sites is 1. The zero-order valence-electron chi connectivity index (χ0n) is 16.0. The van der Waals surface area contributed by atoms with Crippen molar-refractivity contribution >= 4 is 17.8 Å². The van der Waals surface area contributed by atoms with Gasteiger partial charge in [0.15, 0.2) is 6.61 Å². The maximum atomic E-state index is 12.6. The molecule has 0 saturated heterocycles. The first-order valence-electron chi connectivity index (χ1n) is 9.00. The Kier molecular flexibility index (Phi) is 7.18. The molecule has 0 spiro atoms. The molecule has 2 rings (SSSR count). The number of aliphatic carboxylic acids is 1. The van der Waals surface area contributed by atoms with Crippen LogP contribution in [0.2, 0.25) is 0 Å². The molecule has 1 aromatic carbocycles. The van der Waals surface area contributed by atoms with Gasteiger partial charge in [-0.2, -0.15) is 0 Å². The van der Waals surface area contributed by atoms with Crippen LogP contribution in [0.3, 0.4) is 0 Å². The molecule has 0 aliphatic heterocycles. The van der Waals surface area contributed by atoms with Gasteiger partial charge in [0.2, 0.25) is 0 Å². The van der Waals surface area contributed by atoms with Gasteiger partial charge in [-0.15, -0.1) is 0 Å². The van der Waals surface area contributed by atoms with E-state index in [2.05, 4.69) is 5.32 Å². The number of nitrogens with one attached hydrogen (secondary N) is 1. The third-order valence-corrected chi connectivity index (χ3v) is 4.69. The van der Waals surface area contributed by atoms with Crippen molar-refractivity contribution in [3.8, 4) is 5.75 Å². The Morgan fingerprint density at radius 3 is 2.48 bits per heavy atom. The van der Waals surface area contributed by atoms with E-state index >= 15 is 0 Å². The highest BCUT2D eigenvalue weighted by Crippen LogP contribution is 2.27. The van der Waals surface area contributed by atoms with Gasteiger partial charge < -0.3 is 20.1 Å². The number of nitrogens with zero attached hydrogens (tertiary/aromatic N) is 2. The van der Waals surface area contributed by atoms with Crippen molar-refractivity contribution in [3.05, 3.63) is 29.8 Å². The molecule has 0 heterocycles. The van der Waals surface area contributed by atoms with Crippen molar-refractivity contribution in [2.45, 2.75) is 31.8 Å². The number of hydrogen-bond donors (Lipinski definition) is 2. The first-order chi connectivity index (χ1) is 12.8. The van der Waals surface area contributed by atoms with Crippen molar-refractivity contribution in [2.75, 3.05) is 33.8 Å². The summed E-state index contributed by atoms with van der Waals surface area (Å²) in [5.41, 5.74) is 0.380. The molecule has 1 saturated carbocycles. The van der Waals surface area contributed by atoms with Gasteiger partial charge in [0.25, 0.3) is 11.8 Å². The number of amides is 2. The van der Waals surface area contributed by atoms with Gasteiger partial charge in [-0.25, -0.2) is 0 Å². The van der Waals surface area contributed by atoms with Crippen LogP contribution in [0.15, 0.2) is 24.3 Å². The van der Waals surface area contributed by atoms with Gasteiger partial charge in [-0.1, -0.05) is 19.1 Å². The van der Waals surface area contributed by atoms with Crippen LogP contribution < -0.4 is 10.1 Å². The van der Waals surface area contributed by atoms with E-state index in [0.29, 0.717) is 17.9 Å². The average Bonchev–Trinajstić information content (AvgIpc) is 2.60. The van der Waals surface area contributed by atoms with E-state index in [1.54, 1.807) is 38.4 Å². The Morgan fingerprint density at radius 1 is 1.22 bits per heavy atom. The van der Waals surface area contributed by atoms with Crippen LogP contribution in [-0.4, -0.2) is 78.6 Å². The molecular formula is C19H27N3O5. The minimum Gasteiger partial charge on any atom is -0.483 e. The van der Waals surface area contributed by atoms with Gasteiger partial charge in [-0.05, 0) is 31.5 Å². The fraction of sp³-hybridized carbons (Fsp3) is 0.526. The molecule has 27 heavy (non-hydrogen) atoms. The van der Waals surface area contributed by atoms with E-state index in [1.807, 2.05) is 11.8 Å². The summed E-state index contributed by atoms with van der Waals surface area (Å²) in [4.78, 5) is 38.5. The number of hydrogen-bond acceptors (Lipinski definition) is 5. The molecule has 1 aromatic rings. The molecule has 0 aromatic heterocycles. The zero-order chi connectivity index (χ0) is 20.0. The van der Waals surface area contributed by atoms with Gasteiger partial charge in [0.05, 0.1) is 12.1 Å². The largest absolute Gasteiger partial charge is 0.483 e. The molecule has 8 nitrogen and oxygen atoms in total. The number of carboxylic acids is 1. The smallest absolute Gasteiger partial charge is 0.317 e. The van der Waals surface area contributed by atoms with E-state index < -0.39 is 5.97 Å². The number of carboxylic acid groups (broad SMARTS) is 1. The summed E-state index contributed by atoms with van der Waals surface area (Å²) in [7, 11) is 3.28. The molecule has 2 amide bonds. The highest BCUT2D eigenvalue weighted by atomic mass is 16.5. The van der Waals surface area contributed by atoms with Gasteiger partial charge in [0.1, 0.15) is 5.75 Å². The fourth-order valence-corrected chi connectivity index (χ4v) is 2.99. The van der Waals surface area contributed by atoms with Crippen molar-refractivity contribution in [2.24, 2.45) is 0 Å². The quantitative estimate of drug-likeness (QED) is 0.661. The molecule has 2 N–H and O–H groups in total. The van der Waals surface area contributed by atoms with E-state index in [4.69, 9.17) is 9.84 Å². The lowest BCUT2D eigenvalue weighted by molar-refractivity contribution is -0.139.